The monoisotopic (exact) mass is 708 g/mol. The van der Waals surface area contributed by atoms with Crippen molar-refractivity contribution in [3.05, 3.63) is 102 Å². The van der Waals surface area contributed by atoms with Gasteiger partial charge in [-0.15, -0.1) is 0 Å². The number of halogens is 4. The quantitative estimate of drug-likeness (QED) is 0.196. The van der Waals surface area contributed by atoms with Gasteiger partial charge in [-0.05, 0) is 148 Å². The first-order valence-electron chi connectivity index (χ1n) is 10.3. The van der Waals surface area contributed by atoms with Crippen molar-refractivity contribution in [1.82, 2.24) is 0 Å². The number of hydrogen-bond donors (Lipinski definition) is 2. The van der Waals surface area contributed by atoms with Crippen molar-refractivity contribution in [3.63, 3.8) is 0 Å². The van der Waals surface area contributed by atoms with Crippen LogP contribution in [0.4, 0.5) is 11.4 Å². The van der Waals surface area contributed by atoms with E-state index in [1.165, 1.54) is 0 Å². The second kappa shape index (κ2) is 10.7. The Hall–Kier alpha value is -2.00. The fourth-order valence-corrected chi connectivity index (χ4v) is 6.12. The van der Waals surface area contributed by atoms with E-state index in [-0.39, 0.29) is 5.92 Å². The summed E-state index contributed by atoms with van der Waals surface area (Å²) in [5.41, 5.74) is 15.2. The summed E-state index contributed by atoms with van der Waals surface area (Å²) in [5, 5.41) is 0. The Kier molecular flexibility index (Phi) is 7.92. The molecule has 0 fully saturated rings. The number of nitrogen functional groups attached to an aromatic ring is 2. The summed E-state index contributed by atoms with van der Waals surface area (Å²) in [4.78, 5) is 0. The molecule has 0 heterocycles. The van der Waals surface area contributed by atoms with Gasteiger partial charge in [-0.25, -0.2) is 0 Å². The number of benzene rings is 4. The summed E-state index contributed by atoms with van der Waals surface area (Å²) in [6, 6.07) is 22.9. The van der Waals surface area contributed by atoms with Gasteiger partial charge in [0.15, 0.2) is 11.5 Å². The van der Waals surface area contributed by atoms with Gasteiger partial charge in [-0.2, -0.15) is 0 Å². The van der Waals surface area contributed by atoms with E-state index in [1.54, 1.807) is 0 Å². The third-order valence-corrected chi connectivity index (χ3v) is 7.60. The Labute approximate surface area is 232 Å². The highest BCUT2D eigenvalue weighted by molar-refractivity contribution is 9.11. The molecule has 4 nitrogen and oxygen atoms in total. The van der Waals surface area contributed by atoms with E-state index in [0.717, 1.165) is 29.0 Å². The molecular formula is C26H20Br4N2O2. The van der Waals surface area contributed by atoms with Crippen molar-refractivity contribution < 1.29 is 9.47 Å². The molecule has 174 valence electrons. The van der Waals surface area contributed by atoms with Crippen LogP contribution in [0, 0.1) is 0 Å². The Morgan fingerprint density at radius 1 is 0.559 bits per heavy atom. The lowest BCUT2D eigenvalue weighted by molar-refractivity contribution is 0.476. The fourth-order valence-electron chi connectivity index (χ4n) is 3.35. The number of anilines is 2. The SMILES string of the molecule is CC(c1cc(Br)c(Oc2ccc(N)cc2)c(Br)c1)c1cc(Br)c(Oc2ccc(N)cc2)c(Br)c1. The minimum atomic E-state index is 0.108. The first-order valence-corrected chi connectivity index (χ1v) is 13.4. The molecule has 0 amide bonds. The van der Waals surface area contributed by atoms with Crippen molar-refractivity contribution in [3.8, 4) is 23.0 Å². The molecule has 0 aliphatic rings. The minimum Gasteiger partial charge on any atom is -0.455 e. The van der Waals surface area contributed by atoms with Gasteiger partial charge in [-0.3, -0.25) is 0 Å². The molecule has 0 unspecified atom stereocenters. The molecule has 34 heavy (non-hydrogen) atoms. The van der Waals surface area contributed by atoms with Gasteiger partial charge >= 0.3 is 0 Å². The third-order valence-electron chi connectivity index (χ3n) is 5.24. The van der Waals surface area contributed by atoms with Gasteiger partial charge in [0.05, 0.1) is 17.9 Å². The number of rotatable bonds is 6. The van der Waals surface area contributed by atoms with E-state index in [4.69, 9.17) is 20.9 Å². The average Bonchev–Trinajstić information content (AvgIpc) is 2.80. The smallest absolute Gasteiger partial charge is 0.155 e. The maximum Gasteiger partial charge on any atom is 0.155 e. The highest BCUT2D eigenvalue weighted by Crippen LogP contribution is 2.43. The molecule has 0 radical (unpaired) electrons. The maximum absolute atomic E-state index is 6.06. The summed E-state index contributed by atoms with van der Waals surface area (Å²) in [6.07, 6.45) is 0. The van der Waals surface area contributed by atoms with Crippen LogP contribution in [-0.2, 0) is 0 Å². The number of hydrogen-bond acceptors (Lipinski definition) is 4. The predicted molar refractivity (Wildman–Crippen MR) is 153 cm³/mol. The van der Waals surface area contributed by atoms with Crippen LogP contribution in [0.2, 0.25) is 0 Å². The molecule has 0 saturated heterocycles. The van der Waals surface area contributed by atoms with Crippen molar-refractivity contribution in [2.75, 3.05) is 11.5 Å². The lowest BCUT2D eigenvalue weighted by Crippen LogP contribution is -1.99. The van der Waals surface area contributed by atoms with Crippen LogP contribution in [0.5, 0.6) is 23.0 Å². The molecule has 0 aliphatic carbocycles. The van der Waals surface area contributed by atoms with E-state index in [1.807, 2.05) is 48.5 Å². The van der Waals surface area contributed by atoms with Crippen LogP contribution in [-0.4, -0.2) is 0 Å². The van der Waals surface area contributed by atoms with Gasteiger partial charge in [0.1, 0.15) is 11.5 Å². The maximum atomic E-state index is 6.06. The van der Waals surface area contributed by atoms with Gasteiger partial charge in [0, 0.05) is 17.3 Å². The first kappa shape index (κ1) is 25.1. The zero-order valence-electron chi connectivity index (χ0n) is 18.0. The molecule has 0 saturated carbocycles. The van der Waals surface area contributed by atoms with Crippen LogP contribution < -0.4 is 20.9 Å². The minimum absolute atomic E-state index is 0.108. The first-order chi connectivity index (χ1) is 16.2. The highest BCUT2D eigenvalue weighted by Gasteiger charge is 2.18. The molecule has 0 bridgehead atoms. The molecule has 4 rings (SSSR count). The van der Waals surface area contributed by atoms with E-state index in [9.17, 15) is 0 Å². The van der Waals surface area contributed by atoms with E-state index in [0.29, 0.717) is 34.4 Å². The van der Waals surface area contributed by atoms with E-state index >= 15 is 0 Å². The Morgan fingerprint density at radius 2 is 0.853 bits per heavy atom. The Bertz CT molecular complexity index is 1180. The van der Waals surface area contributed by atoms with Crippen LogP contribution in [0.1, 0.15) is 24.0 Å². The summed E-state index contributed by atoms with van der Waals surface area (Å²) in [6.45, 7) is 2.16. The second-order valence-corrected chi connectivity index (χ2v) is 11.1. The standard InChI is InChI=1S/C26H20Br4N2O2/c1-14(15-10-21(27)25(22(28)11-15)33-19-6-2-17(31)3-7-19)16-12-23(29)26(24(30)13-16)34-20-8-4-18(32)5-9-20/h2-14H,31-32H2,1H3. The van der Waals surface area contributed by atoms with Crippen molar-refractivity contribution in [1.29, 1.82) is 0 Å². The normalized spacial score (nSPS) is 11.0. The number of nitrogens with two attached hydrogens (primary N) is 2. The molecule has 4 N–H and O–H groups in total. The Balaban J connectivity index is 1.59. The summed E-state index contributed by atoms with van der Waals surface area (Å²) in [7, 11) is 0. The van der Waals surface area contributed by atoms with Crippen LogP contribution in [0.25, 0.3) is 0 Å². The zero-order valence-corrected chi connectivity index (χ0v) is 24.3. The van der Waals surface area contributed by atoms with Crippen LogP contribution in [0.3, 0.4) is 0 Å². The molecule has 4 aromatic carbocycles. The van der Waals surface area contributed by atoms with Crippen LogP contribution in [0.15, 0.2) is 90.7 Å². The molecule has 0 aromatic heterocycles. The van der Waals surface area contributed by atoms with Gasteiger partial charge in [0.25, 0.3) is 0 Å². The lowest BCUT2D eigenvalue weighted by atomic mass is 9.93. The predicted octanol–water partition coefficient (Wildman–Crippen LogP) is 9.64. The summed E-state index contributed by atoms with van der Waals surface area (Å²) in [5.74, 6) is 2.93. The highest BCUT2D eigenvalue weighted by atomic mass is 79.9. The Morgan fingerprint density at radius 3 is 1.15 bits per heavy atom. The zero-order chi connectivity index (χ0) is 24.4. The van der Waals surface area contributed by atoms with Gasteiger partial charge in [-0.1, -0.05) is 6.92 Å². The fraction of sp³-hybridized carbons (Fsp3) is 0.0769. The third kappa shape index (κ3) is 5.79. The summed E-state index contributed by atoms with van der Waals surface area (Å²) >= 11 is 14.7. The van der Waals surface area contributed by atoms with E-state index in [2.05, 4.69) is 94.9 Å². The van der Waals surface area contributed by atoms with Gasteiger partial charge < -0.3 is 20.9 Å². The molecule has 0 atom stereocenters. The topological polar surface area (TPSA) is 70.5 Å². The molecule has 0 aliphatic heterocycles. The van der Waals surface area contributed by atoms with Crippen molar-refractivity contribution in [2.24, 2.45) is 0 Å². The van der Waals surface area contributed by atoms with Crippen molar-refractivity contribution in [2.45, 2.75) is 12.8 Å². The molecular weight excluding hydrogens is 692 g/mol. The second-order valence-electron chi connectivity index (χ2n) is 7.69. The lowest BCUT2D eigenvalue weighted by Gasteiger charge is -2.19. The van der Waals surface area contributed by atoms with Crippen LogP contribution >= 0.6 is 63.7 Å². The molecule has 0 spiro atoms. The largest absolute Gasteiger partial charge is 0.455 e. The van der Waals surface area contributed by atoms with Gasteiger partial charge in [0.2, 0.25) is 0 Å². The van der Waals surface area contributed by atoms with E-state index < -0.39 is 0 Å². The number of ether oxygens (including phenoxy) is 2. The molecule has 4 aromatic rings. The average molecular weight is 712 g/mol. The van der Waals surface area contributed by atoms with Crippen molar-refractivity contribution >= 4 is 75.1 Å². The molecule has 8 heteroatoms. The summed E-state index contributed by atoms with van der Waals surface area (Å²) < 4.78 is 15.5.